The van der Waals surface area contributed by atoms with Gasteiger partial charge in [-0.15, -0.1) is 24.0 Å². The van der Waals surface area contributed by atoms with Gasteiger partial charge in [0.05, 0.1) is 32.1 Å². The predicted octanol–water partition coefficient (Wildman–Crippen LogP) is 4.01. The Bertz CT molecular complexity index is 959. The highest BCUT2D eigenvalue weighted by atomic mass is 127. The maximum atomic E-state index is 9.95. The molecule has 0 saturated heterocycles. The van der Waals surface area contributed by atoms with Crippen molar-refractivity contribution in [2.24, 2.45) is 4.99 Å². The highest BCUT2D eigenvalue weighted by Crippen LogP contribution is 2.26. The van der Waals surface area contributed by atoms with E-state index in [2.05, 4.69) is 32.4 Å². The predicted molar refractivity (Wildman–Crippen MR) is 130 cm³/mol. The van der Waals surface area contributed by atoms with Gasteiger partial charge in [-0.2, -0.15) is 0 Å². The zero-order valence-corrected chi connectivity index (χ0v) is 19.8. The number of nitrogens with zero attached hydrogens (tertiary/aromatic N) is 3. The van der Waals surface area contributed by atoms with Crippen LogP contribution in [0.3, 0.4) is 0 Å². The van der Waals surface area contributed by atoms with E-state index in [4.69, 9.17) is 4.74 Å². The van der Waals surface area contributed by atoms with Gasteiger partial charge in [-0.25, -0.2) is 9.98 Å². The second-order valence-corrected chi connectivity index (χ2v) is 6.64. The number of rotatable bonds is 7. The minimum Gasteiger partial charge on any atom is -0.504 e. The summed E-state index contributed by atoms with van der Waals surface area (Å²) < 4.78 is 5.09. The third-order valence-corrected chi connectivity index (χ3v) is 4.45. The first-order valence-corrected chi connectivity index (χ1v) is 9.55. The van der Waals surface area contributed by atoms with E-state index in [0.717, 1.165) is 35.1 Å². The number of aromatic hydroxyl groups is 1. The smallest absolute Gasteiger partial charge is 0.194 e. The summed E-state index contributed by atoms with van der Waals surface area (Å²) in [5.74, 6) is 2.19. The average molecular weight is 521 g/mol. The van der Waals surface area contributed by atoms with Crippen LogP contribution in [0.2, 0.25) is 0 Å². The van der Waals surface area contributed by atoms with Crippen LogP contribution in [-0.4, -0.2) is 46.6 Å². The Labute approximate surface area is 194 Å². The zero-order valence-electron chi connectivity index (χ0n) is 17.4. The molecule has 3 N–H and O–H groups in total. The Morgan fingerprint density at radius 3 is 2.67 bits per heavy atom. The van der Waals surface area contributed by atoms with Crippen molar-refractivity contribution >= 4 is 29.9 Å². The van der Waals surface area contributed by atoms with Crippen molar-refractivity contribution in [2.75, 3.05) is 20.7 Å². The van der Waals surface area contributed by atoms with Crippen LogP contribution in [0.15, 0.2) is 59.7 Å². The lowest BCUT2D eigenvalue weighted by molar-refractivity contribution is 0.373. The van der Waals surface area contributed by atoms with Gasteiger partial charge in [-0.3, -0.25) is 0 Å². The lowest BCUT2D eigenvalue weighted by atomic mass is 10.2. The third kappa shape index (κ3) is 6.12. The van der Waals surface area contributed by atoms with Crippen molar-refractivity contribution in [2.45, 2.75) is 20.0 Å². The fourth-order valence-corrected chi connectivity index (χ4v) is 2.98. The molecular formula is C22H28IN5O2. The van der Waals surface area contributed by atoms with Crippen LogP contribution < -0.4 is 10.1 Å². The summed E-state index contributed by atoms with van der Waals surface area (Å²) in [6.45, 7) is 3.82. The average Bonchev–Trinajstić information content (AvgIpc) is 3.20. The van der Waals surface area contributed by atoms with Crippen molar-refractivity contribution in [3.8, 4) is 22.8 Å². The summed E-state index contributed by atoms with van der Waals surface area (Å²) in [7, 11) is 3.50. The van der Waals surface area contributed by atoms with Crippen LogP contribution in [0.1, 0.15) is 18.3 Å². The number of hydrogen-bond donors (Lipinski definition) is 3. The number of H-pyrrole nitrogens is 1. The number of ether oxygens (including phenoxy) is 1. The van der Waals surface area contributed by atoms with Gasteiger partial charge in [0.2, 0.25) is 0 Å². The van der Waals surface area contributed by atoms with Crippen LogP contribution in [0.5, 0.6) is 11.5 Å². The first-order valence-electron chi connectivity index (χ1n) is 9.55. The lowest BCUT2D eigenvalue weighted by Crippen LogP contribution is -2.38. The standard InChI is InChI=1S/C22H27N5O2.HI/c1-4-23-22(25-13-16-10-11-20(29-3)19(28)12-16)27(2)15-21-24-14-18(26-21)17-8-6-5-7-9-17;/h5-12,14,28H,4,13,15H2,1-3H3,(H,23,25)(H,24,26);1H. The Hall–Kier alpha value is -2.75. The molecule has 0 aliphatic carbocycles. The van der Waals surface area contributed by atoms with Crippen LogP contribution in [-0.2, 0) is 13.1 Å². The molecule has 3 aromatic rings. The maximum absolute atomic E-state index is 9.95. The molecule has 0 bridgehead atoms. The summed E-state index contributed by atoms with van der Waals surface area (Å²) in [6, 6.07) is 15.4. The second kappa shape index (κ2) is 11.4. The number of methoxy groups -OCH3 is 1. The highest BCUT2D eigenvalue weighted by Gasteiger charge is 2.10. The van der Waals surface area contributed by atoms with Crippen molar-refractivity contribution in [1.29, 1.82) is 0 Å². The van der Waals surface area contributed by atoms with E-state index >= 15 is 0 Å². The number of phenolic OH excluding ortho intramolecular Hbond substituents is 1. The molecule has 1 heterocycles. The summed E-state index contributed by atoms with van der Waals surface area (Å²) in [5.41, 5.74) is 3.00. The van der Waals surface area contributed by atoms with Crippen molar-refractivity contribution in [1.82, 2.24) is 20.2 Å². The molecule has 0 atom stereocenters. The molecule has 0 aliphatic rings. The summed E-state index contributed by atoms with van der Waals surface area (Å²) in [6.07, 6.45) is 1.85. The van der Waals surface area contributed by atoms with E-state index in [0.29, 0.717) is 18.8 Å². The zero-order chi connectivity index (χ0) is 20.6. The second-order valence-electron chi connectivity index (χ2n) is 6.64. The van der Waals surface area contributed by atoms with E-state index < -0.39 is 0 Å². The minimum atomic E-state index is 0. The lowest BCUT2D eigenvalue weighted by Gasteiger charge is -2.21. The molecule has 30 heavy (non-hydrogen) atoms. The van der Waals surface area contributed by atoms with Crippen LogP contribution in [0.25, 0.3) is 11.3 Å². The molecule has 0 amide bonds. The fraction of sp³-hybridized carbons (Fsp3) is 0.273. The Morgan fingerprint density at radius 2 is 2.00 bits per heavy atom. The fourth-order valence-electron chi connectivity index (χ4n) is 2.98. The van der Waals surface area contributed by atoms with E-state index in [1.807, 2.05) is 49.3 Å². The van der Waals surface area contributed by atoms with E-state index in [-0.39, 0.29) is 29.7 Å². The highest BCUT2D eigenvalue weighted by molar-refractivity contribution is 14.0. The number of guanidine groups is 1. The van der Waals surface area contributed by atoms with Crippen LogP contribution in [0.4, 0.5) is 0 Å². The molecule has 2 aromatic carbocycles. The van der Waals surface area contributed by atoms with Crippen molar-refractivity contribution < 1.29 is 9.84 Å². The van der Waals surface area contributed by atoms with Gasteiger partial charge in [0.15, 0.2) is 17.5 Å². The summed E-state index contributed by atoms with van der Waals surface area (Å²) in [4.78, 5) is 14.6. The number of aromatic amines is 1. The number of phenols is 1. The molecule has 160 valence electrons. The van der Waals surface area contributed by atoms with Gasteiger partial charge in [-0.05, 0) is 30.2 Å². The molecular weight excluding hydrogens is 493 g/mol. The Kier molecular flexibility index (Phi) is 8.97. The normalized spacial score (nSPS) is 11.0. The topological polar surface area (TPSA) is 85.8 Å². The van der Waals surface area contributed by atoms with Gasteiger partial charge >= 0.3 is 0 Å². The molecule has 0 spiro atoms. The van der Waals surface area contributed by atoms with E-state index in [1.165, 1.54) is 7.11 Å². The molecule has 0 radical (unpaired) electrons. The van der Waals surface area contributed by atoms with Crippen LogP contribution in [0, 0.1) is 0 Å². The molecule has 8 heteroatoms. The Balaban J connectivity index is 0.00000320. The maximum Gasteiger partial charge on any atom is 0.194 e. The van der Waals surface area contributed by atoms with Crippen molar-refractivity contribution in [3.63, 3.8) is 0 Å². The first-order chi connectivity index (χ1) is 14.1. The monoisotopic (exact) mass is 521 g/mol. The quantitative estimate of drug-likeness (QED) is 0.249. The number of aromatic nitrogens is 2. The van der Waals surface area contributed by atoms with Crippen molar-refractivity contribution in [3.05, 3.63) is 66.1 Å². The molecule has 3 rings (SSSR count). The molecule has 0 fully saturated rings. The number of aliphatic imine (C=N–C) groups is 1. The number of nitrogens with one attached hydrogen (secondary N) is 2. The Morgan fingerprint density at radius 1 is 1.23 bits per heavy atom. The third-order valence-electron chi connectivity index (χ3n) is 4.45. The molecule has 1 aromatic heterocycles. The first kappa shape index (κ1) is 23.5. The number of hydrogen-bond acceptors (Lipinski definition) is 4. The summed E-state index contributed by atoms with van der Waals surface area (Å²) >= 11 is 0. The van der Waals surface area contributed by atoms with E-state index in [1.54, 1.807) is 12.1 Å². The van der Waals surface area contributed by atoms with Crippen LogP contribution >= 0.6 is 24.0 Å². The van der Waals surface area contributed by atoms with E-state index in [9.17, 15) is 5.11 Å². The number of imidazole rings is 1. The molecule has 0 saturated carbocycles. The SMILES string of the molecule is CCNC(=NCc1ccc(OC)c(O)c1)N(C)Cc1ncc(-c2ccccc2)[nH]1.I. The molecule has 0 unspecified atom stereocenters. The number of benzene rings is 2. The number of halogens is 1. The largest absolute Gasteiger partial charge is 0.504 e. The van der Waals surface area contributed by atoms with Gasteiger partial charge in [0.1, 0.15) is 5.82 Å². The molecule has 0 aliphatic heterocycles. The van der Waals surface area contributed by atoms with Gasteiger partial charge in [0, 0.05) is 13.6 Å². The molecule has 7 nitrogen and oxygen atoms in total. The van der Waals surface area contributed by atoms with Gasteiger partial charge in [-0.1, -0.05) is 36.4 Å². The minimum absolute atomic E-state index is 0. The summed E-state index contributed by atoms with van der Waals surface area (Å²) in [5, 5.41) is 13.2. The van der Waals surface area contributed by atoms with Gasteiger partial charge < -0.3 is 25.0 Å². The van der Waals surface area contributed by atoms with Gasteiger partial charge in [0.25, 0.3) is 0 Å².